The molecule has 0 amide bonds. The van der Waals surface area contributed by atoms with Crippen LogP contribution < -0.4 is 0 Å². The third-order valence-electron chi connectivity index (χ3n) is 1.69. The van der Waals surface area contributed by atoms with Crippen LogP contribution in [0, 0.1) is 10.1 Å². The summed E-state index contributed by atoms with van der Waals surface area (Å²) in [6, 6.07) is 6.71. The molecule has 0 saturated heterocycles. The number of rotatable bonds is 3. The summed E-state index contributed by atoms with van der Waals surface area (Å²) < 4.78 is 0. The summed E-state index contributed by atoms with van der Waals surface area (Å²) in [6.45, 7) is 6.33. The fourth-order valence-electron chi connectivity index (χ4n) is 1.07. The molecule has 84 valence electrons. The highest BCUT2D eigenvalue weighted by atomic mass is 16.6. The standard InChI is InChI=1S/C9H11NO2.C3H8/c1-2-3-8-4-6-9(7-5-8)10(11)12;1-3-2/h4-7H,2-3H2,1H3;3H2,1-2H3. The van der Waals surface area contributed by atoms with E-state index < -0.39 is 0 Å². The van der Waals surface area contributed by atoms with Crippen molar-refractivity contribution >= 4 is 5.69 Å². The fraction of sp³-hybridized carbons (Fsp3) is 0.500. The fourth-order valence-corrected chi connectivity index (χ4v) is 1.07. The van der Waals surface area contributed by atoms with Gasteiger partial charge in [0.2, 0.25) is 0 Å². The maximum absolute atomic E-state index is 10.3. The predicted molar refractivity (Wildman–Crippen MR) is 63.1 cm³/mol. The van der Waals surface area contributed by atoms with Gasteiger partial charge in [0.05, 0.1) is 4.92 Å². The summed E-state index contributed by atoms with van der Waals surface area (Å²) in [6.07, 6.45) is 3.30. The Hall–Kier alpha value is -1.38. The molecule has 0 spiro atoms. The molecule has 0 unspecified atom stereocenters. The van der Waals surface area contributed by atoms with Crippen molar-refractivity contribution < 1.29 is 4.92 Å². The molecule has 0 bridgehead atoms. The van der Waals surface area contributed by atoms with Crippen LogP contribution in [0.3, 0.4) is 0 Å². The third kappa shape index (κ3) is 5.83. The molecule has 15 heavy (non-hydrogen) atoms. The monoisotopic (exact) mass is 209 g/mol. The van der Waals surface area contributed by atoms with Crippen molar-refractivity contribution in [2.45, 2.75) is 40.0 Å². The average molecular weight is 209 g/mol. The number of nitro benzene ring substituents is 1. The number of aryl methyl sites for hydroxylation is 1. The summed E-state index contributed by atoms with van der Waals surface area (Å²) in [7, 11) is 0. The molecule has 1 aromatic rings. The predicted octanol–water partition coefficient (Wildman–Crippen LogP) is 3.96. The molecule has 3 heteroatoms. The van der Waals surface area contributed by atoms with Gasteiger partial charge >= 0.3 is 0 Å². The van der Waals surface area contributed by atoms with E-state index in [1.54, 1.807) is 12.1 Å². The van der Waals surface area contributed by atoms with Crippen LogP contribution in [0.15, 0.2) is 24.3 Å². The van der Waals surface area contributed by atoms with Gasteiger partial charge in [0.15, 0.2) is 0 Å². The summed E-state index contributed by atoms with van der Waals surface area (Å²) >= 11 is 0. The lowest BCUT2D eigenvalue weighted by Gasteiger charge is -1.96. The zero-order chi connectivity index (χ0) is 11.7. The van der Waals surface area contributed by atoms with Gasteiger partial charge in [0.25, 0.3) is 5.69 Å². The van der Waals surface area contributed by atoms with E-state index in [1.807, 2.05) is 12.1 Å². The molecule has 0 saturated carbocycles. The lowest BCUT2D eigenvalue weighted by atomic mass is 10.1. The first kappa shape index (κ1) is 13.6. The maximum Gasteiger partial charge on any atom is 0.269 e. The quantitative estimate of drug-likeness (QED) is 0.558. The van der Waals surface area contributed by atoms with Crippen molar-refractivity contribution in [3.05, 3.63) is 39.9 Å². The van der Waals surface area contributed by atoms with Gasteiger partial charge in [-0.3, -0.25) is 10.1 Å². The topological polar surface area (TPSA) is 43.1 Å². The van der Waals surface area contributed by atoms with Gasteiger partial charge in [-0.2, -0.15) is 0 Å². The second-order valence-electron chi connectivity index (χ2n) is 3.38. The number of non-ortho nitro benzene ring substituents is 1. The Morgan fingerprint density at radius 3 is 1.93 bits per heavy atom. The molecular weight excluding hydrogens is 190 g/mol. The van der Waals surface area contributed by atoms with E-state index in [4.69, 9.17) is 0 Å². The first-order valence-corrected chi connectivity index (χ1v) is 5.38. The highest BCUT2D eigenvalue weighted by Crippen LogP contribution is 2.12. The first-order chi connectivity index (χ1) is 7.15. The molecule has 0 aromatic heterocycles. The zero-order valence-corrected chi connectivity index (χ0v) is 9.69. The van der Waals surface area contributed by atoms with Gasteiger partial charge in [-0.05, 0) is 12.0 Å². The van der Waals surface area contributed by atoms with Crippen molar-refractivity contribution in [3.8, 4) is 0 Å². The van der Waals surface area contributed by atoms with E-state index in [0.717, 1.165) is 18.4 Å². The van der Waals surface area contributed by atoms with Gasteiger partial charge in [-0.1, -0.05) is 45.7 Å². The van der Waals surface area contributed by atoms with E-state index in [0.29, 0.717) is 0 Å². The molecule has 3 nitrogen and oxygen atoms in total. The molecule has 0 fully saturated rings. The molecule has 0 aliphatic rings. The second-order valence-corrected chi connectivity index (χ2v) is 3.38. The Balaban J connectivity index is 0.000000583. The van der Waals surface area contributed by atoms with Crippen LogP contribution in [-0.4, -0.2) is 4.92 Å². The van der Waals surface area contributed by atoms with Crippen LogP contribution in [0.25, 0.3) is 0 Å². The van der Waals surface area contributed by atoms with Crippen LogP contribution in [0.5, 0.6) is 0 Å². The highest BCUT2D eigenvalue weighted by Gasteiger charge is 2.02. The minimum Gasteiger partial charge on any atom is -0.258 e. The zero-order valence-electron chi connectivity index (χ0n) is 9.69. The molecule has 1 rings (SSSR count). The number of nitrogens with zero attached hydrogens (tertiary/aromatic N) is 1. The first-order valence-electron chi connectivity index (χ1n) is 5.38. The molecular formula is C12H19NO2. The minimum atomic E-state index is -0.379. The molecule has 0 aliphatic carbocycles. The lowest BCUT2D eigenvalue weighted by Crippen LogP contribution is -1.88. The van der Waals surface area contributed by atoms with Gasteiger partial charge in [-0.25, -0.2) is 0 Å². The largest absolute Gasteiger partial charge is 0.269 e. The molecule has 0 radical (unpaired) electrons. The van der Waals surface area contributed by atoms with E-state index in [-0.39, 0.29) is 10.6 Å². The molecule has 0 aliphatic heterocycles. The lowest BCUT2D eigenvalue weighted by molar-refractivity contribution is -0.384. The molecule has 0 N–H and O–H groups in total. The van der Waals surface area contributed by atoms with Gasteiger partial charge < -0.3 is 0 Å². The maximum atomic E-state index is 10.3. The van der Waals surface area contributed by atoms with Crippen LogP contribution >= 0.6 is 0 Å². The van der Waals surface area contributed by atoms with E-state index in [9.17, 15) is 10.1 Å². The van der Waals surface area contributed by atoms with Crippen LogP contribution in [-0.2, 0) is 6.42 Å². The van der Waals surface area contributed by atoms with E-state index >= 15 is 0 Å². The number of hydrogen-bond donors (Lipinski definition) is 0. The minimum absolute atomic E-state index is 0.162. The van der Waals surface area contributed by atoms with Gasteiger partial charge in [0.1, 0.15) is 0 Å². The Morgan fingerprint density at radius 2 is 1.60 bits per heavy atom. The van der Waals surface area contributed by atoms with Crippen molar-refractivity contribution in [1.29, 1.82) is 0 Å². The number of hydrogen-bond acceptors (Lipinski definition) is 2. The smallest absolute Gasteiger partial charge is 0.258 e. The van der Waals surface area contributed by atoms with Crippen LogP contribution in [0.2, 0.25) is 0 Å². The van der Waals surface area contributed by atoms with Crippen molar-refractivity contribution in [2.24, 2.45) is 0 Å². The number of benzene rings is 1. The average Bonchev–Trinajstić information content (AvgIpc) is 2.20. The highest BCUT2D eigenvalue weighted by molar-refractivity contribution is 5.32. The Kier molecular flexibility index (Phi) is 7.24. The van der Waals surface area contributed by atoms with Gasteiger partial charge in [-0.15, -0.1) is 0 Å². The Labute approximate surface area is 91.3 Å². The molecule has 0 heterocycles. The SMILES string of the molecule is CCC.CCCc1ccc([N+](=O)[O-])cc1. The van der Waals surface area contributed by atoms with Crippen LogP contribution in [0.1, 0.15) is 39.2 Å². The molecule has 0 atom stereocenters. The molecule has 1 aromatic carbocycles. The summed E-state index contributed by atoms with van der Waals surface area (Å²) in [5, 5.41) is 10.3. The normalized spacial score (nSPS) is 9.00. The van der Waals surface area contributed by atoms with Crippen LogP contribution in [0.4, 0.5) is 5.69 Å². The van der Waals surface area contributed by atoms with Crippen molar-refractivity contribution in [2.75, 3.05) is 0 Å². The Bertz CT molecular complexity index is 280. The second kappa shape index (κ2) is 7.97. The summed E-state index contributed by atoms with van der Waals surface area (Å²) in [5.74, 6) is 0. The summed E-state index contributed by atoms with van der Waals surface area (Å²) in [5.41, 5.74) is 1.32. The van der Waals surface area contributed by atoms with E-state index in [1.165, 1.54) is 6.42 Å². The van der Waals surface area contributed by atoms with Gasteiger partial charge in [0, 0.05) is 12.1 Å². The third-order valence-corrected chi connectivity index (χ3v) is 1.69. The van der Waals surface area contributed by atoms with Crippen molar-refractivity contribution in [3.63, 3.8) is 0 Å². The van der Waals surface area contributed by atoms with E-state index in [2.05, 4.69) is 20.8 Å². The summed E-state index contributed by atoms with van der Waals surface area (Å²) in [4.78, 5) is 9.90. The number of nitro groups is 1. The Morgan fingerprint density at radius 1 is 1.13 bits per heavy atom. The van der Waals surface area contributed by atoms with Crippen molar-refractivity contribution in [1.82, 2.24) is 0 Å².